The van der Waals surface area contributed by atoms with E-state index in [4.69, 9.17) is 4.74 Å². The van der Waals surface area contributed by atoms with Crippen molar-refractivity contribution in [3.63, 3.8) is 0 Å². The first-order valence-corrected chi connectivity index (χ1v) is 9.23. The Morgan fingerprint density at radius 1 is 0.966 bits per heavy atom. The van der Waals surface area contributed by atoms with Crippen LogP contribution in [0.2, 0.25) is 0 Å². The predicted octanol–water partition coefficient (Wildman–Crippen LogP) is 4.27. The number of para-hydroxylation sites is 1. The van der Waals surface area contributed by atoms with Crippen molar-refractivity contribution in [2.75, 3.05) is 17.2 Å². The number of carbonyl (C=O) groups excluding carboxylic acids is 2. The summed E-state index contributed by atoms with van der Waals surface area (Å²) in [7, 11) is 0. The molecular weight excluding hydrogens is 368 g/mol. The van der Waals surface area contributed by atoms with Crippen molar-refractivity contribution in [2.45, 2.75) is 20.8 Å². The molecule has 0 aliphatic rings. The third-order valence-corrected chi connectivity index (χ3v) is 4.35. The molecule has 7 heteroatoms. The monoisotopic (exact) mass is 390 g/mol. The third-order valence-electron chi connectivity index (χ3n) is 4.35. The largest absolute Gasteiger partial charge is 0.462 e. The molecule has 3 aromatic rings. The molecular formula is C22H22N4O3. The molecule has 0 unspecified atom stereocenters. The van der Waals surface area contributed by atoms with Crippen molar-refractivity contribution in [1.29, 1.82) is 0 Å². The lowest BCUT2D eigenvalue weighted by Gasteiger charge is -2.10. The van der Waals surface area contributed by atoms with Crippen LogP contribution in [0.3, 0.4) is 0 Å². The topological polar surface area (TPSA) is 93.2 Å². The number of hydrogen-bond donors (Lipinski definition) is 2. The molecule has 0 aliphatic carbocycles. The molecule has 1 aromatic heterocycles. The van der Waals surface area contributed by atoms with E-state index in [1.807, 2.05) is 32.0 Å². The number of rotatable bonds is 6. The lowest BCUT2D eigenvalue weighted by Crippen LogP contribution is -2.17. The Balaban J connectivity index is 1.71. The van der Waals surface area contributed by atoms with Crippen LogP contribution in [0.15, 0.2) is 54.6 Å². The zero-order chi connectivity index (χ0) is 20.8. The van der Waals surface area contributed by atoms with E-state index >= 15 is 0 Å². The first-order chi connectivity index (χ1) is 14.0. The number of esters is 1. The van der Waals surface area contributed by atoms with Gasteiger partial charge in [-0.2, -0.15) is 0 Å². The quantitative estimate of drug-likeness (QED) is 0.611. The van der Waals surface area contributed by atoms with Crippen LogP contribution in [-0.4, -0.2) is 28.7 Å². The molecule has 7 nitrogen and oxygen atoms in total. The van der Waals surface area contributed by atoms with E-state index in [1.165, 1.54) is 11.1 Å². The molecule has 0 atom stereocenters. The predicted molar refractivity (Wildman–Crippen MR) is 112 cm³/mol. The summed E-state index contributed by atoms with van der Waals surface area (Å²) in [6.07, 6.45) is 0. The molecule has 2 N–H and O–H groups in total. The van der Waals surface area contributed by atoms with Gasteiger partial charge in [0.15, 0.2) is 11.5 Å². The van der Waals surface area contributed by atoms with Gasteiger partial charge in [0.1, 0.15) is 0 Å². The van der Waals surface area contributed by atoms with Gasteiger partial charge in [0.2, 0.25) is 0 Å². The minimum atomic E-state index is -0.498. The van der Waals surface area contributed by atoms with Crippen LogP contribution in [-0.2, 0) is 4.74 Å². The molecule has 0 aliphatic heterocycles. The summed E-state index contributed by atoms with van der Waals surface area (Å²) >= 11 is 0. The molecule has 29 heavy (non-hydrogen) atoms. The smallest absolute Gasteiger partial charge is 0.340 e. The molecule has 2 aromatic carbocycles. The minimum absolute atomic E-state index is 0.134. The van der Waals surface area contributed by atoms with E-state index in [2.05, 4.69) is 20.8 Å². The molecule has 3 rings (SSSR count). The standard InChI is InChI=1S/C22H22N4O3/c1-4-29-22(28)17-7-5-6-8-18(17)24-21(27)19-11-12-20(26-25-19)23-16-10-9-14(2)15(3)13-16/h5-13H,4H2,1-3H3,(H,23,26)(H,24,27). The van der Waals surface area contributed by atoms with Crippen LogP contribution in [0.1, 0.15) is 38.9 Å². The van der Waals surface area contributed by atoms with Crippen molar-refractivity contribution in [3.8, 4) is 0 Å². The van der Waals surface area contributed by atoms with Gasteiger partial charge in [-0.3, -0.25) is 4.79 Å². The molecule has 0 spiro atoms. The summed E-state index contributed by atoms with van der Waals surface area (Å²) in [4.78, 5) is 24.5. The number of ether oxygens (including phenoxy) is 1. The maximum atomic E-state index is 12.5. The molecule has 148 valence electrons. The van der Waals surface area contributed by atoms with E-state index in [0.717, 1.165) is 5.69 Å². The first kappa shape index (κ1) is 20.0. The van der Waals surface area contributed by atoms with Crippen LogP contribution in [0.25, 0.3) is 0 Å². The lowest BCUT2D eigenvalue weighted by atomic mass is 10.1. The normalized spacial score (nSPS) is 10.3. The summed E-state index contributed by atoms with van der Waals surface area (Å²) in [6, 6.07) is 15.9. The highest BCUT2D eigenvalue weighted by atomic mass is 16.5. The summed E-state index contributed by atoms with van der Waals surface area (Å²) in [6.45, 7) is 6.06. The van der Waals surface area contributed by atoms with E-state index in [1.54, 1.807) is 43.3 Å². The van der Waals surface area contributed by atoms with Crippen molar-refractivity contribution in [3.05, 3.63) is 77.0 Å². The second kappa shape index (κ2) is 8.97. The van der Waals surface area contributed by atoms with Gasteiger partial charge in [-0.05, 0) is 68.3 Å². The zero-order valence-corrected chi connectivity index (χ0v) is 16.5. The number of hydrogen-bond acceptors (Lipinski definition) is 6. The summed E-state index contributed by atoms with van der Waals surface area (Å²) in [5.41, 5.74) is 4.03. The zero-order valence-electron chi connectivity index (χ0n) is 16.5. The Morgan fingerprint density at radius 3 is 2.45 bits per heavy atom. The van der Waals surface area contributed by atoms with Gasteiger partial charge in [0.05, 0.1) is 17.9 Å². The Bertz CT molecular complexity index is 1030. The van der Waals surface area contributed by atoms with Crippen LogP contribution in [0, 0.1) is 13.8 Å². The first-order valence-electron chi connectivity index (χ1n) is 9.23. The van der Waals surface area contributed by atoms with Crippen LogP contribution in [0.4, 0.5) is 17.2 Å². The number of nitrogens with zero attached hydrogens (tertiary/aromatic N) is 2. The SMILES string of the molecule is CCOC(=O)c1ccccc1NC(=O)c1ccc(Nc2ccc(C)c(C)c2)nn1. The number of carbonyl (C=O) groups is 2. The van der Waals surface area contributed by atoms with Gasteiger partial charge < -0.3 is 15.4 Å². The van der Waals surface area contributed by atoms with Gasteiger partial charge in [-0.15, -0.1) is 10.2 Å². The highest BCUT2D eigenvalue weighted by molar-refractivity contribution is 6.07. The van der Waals surface area contributed by atoms with Crippen LogP contribution >= 0.6 is 0 Å². The third kappa shape index (κ3) is 4.95. The maximum absolute atomic E-state index is 12.5. The highest BCUT2D eigenvalue weighted by Crippen LogP contribution is 2.19. The average Bonchev–Trinajstić information content (AvgIpc) is 2.72. The number of anilines is 3. The number of aromatic nitrogens is 2. The van der Waals surface area contributed by atoms with E-state index in [-0.39, 0.29) is 17.9 Å². The van der Waals surface area contributed by atoms with Crippen LogP contribution in [0.5, 0.6) is 0 Å². The number of benzene rings is 2. The van der Waals surface area contributed by atoms with Crippen molar-refractivity contribution >= 4 is 29.1 Å². The lowest BCUT2D eigenvalue weighted by molar-refractivity contribution is 0.0527. The Kier molecular flexibility index (Phi) is 6.19. The Morgan fingerprint density at radius 2 is 1.76 bits per heavy atom. The summed E-state index contributed by atoms with van der Waals surface area (Å²) in [5, 5.41) is 13.9. The minimum Gasteiger partial charge on any atom is -0.462 e. The van der Waals surface area contributed by atoms with Gasteiger partial charge in [0, 0.05) is 5.69 Å². The van der Waals surface area contributed by atoms with Crippen molar-refractivity contribution in [1.82, 2.24) is 10.2 Å². The second-order valence-electron chi connectivity index (χ2n) is 6.45. The average molecular weight is 390 g/mol. The number of aryl methyl sites for hydroxylation is 2. The molecule has 0 radical (unpaired) electrons. The Hall–Kier alpha value is -3.74. The maximum Gasteiger partial charge on any atom is 0.340 e. The molecule has 0 saturated carbocycles. The molecule has 1 amide bonds. The fourth-order valence-corrected chi connectivity index (χ4v) is 2.65. The van der Waals surface area contributed by atoms with Gasteiger partial charge in [0.25, 0.3) is 5.91 Å². The number of nitrogens with one attached hydrogen (secondary N) is 2. The number of amides is 1. The fraction of sp³-hybridized carbons (Fsp3) is 0.182. The van der Waals surface area contributed by atoms with Gasteiger partial charge >= 0.3 is 5.97 Å². The molecule has 0 saturated heterocycles. The summed E-state index contributed by atoms with van der Waals surface area (Å²) < 4.78 is 5.02. The van der Waals surface area contributed by atoms with Gasteiger partial charge in [-0.1, -0.05) is 18.2 Å². The summed E-state index contributed by atoms with van der Waals surface area (Å²) in [5.74, 6) is -0.439. The highest BCUT2D eigenvalue weighted by Gasteiger charge is 2.16. The van der Waals surface area contributed by atoms with Crippen molar-refractivity contribution in [2.24, 2.45) is 0 Å². The fourth-order valence-electron chi connectivity index (χ4n) is 2.65. The Labute approximate surface area is 169 Å². The molecule has 1 heterocycles. The van der Waals surface area contributed by atoms with E-state index in [0.29, 0.717) is 11.5 Å². The van der Waals surface area contributed by atoms with Crippen molar-refractivity contribution < 1.29 is 14.3 Å². The van der Waals surface area contributed by atoms with Gasteiger partial charge in [-0.25, -0.2) is 4.79 Å². The van der Waals surface area contributed by atoms with E-state index in [9.17, 15) is 9.59 Å². The molecule has 0 bridgehead atoms. The second-order valence-corrected chi connectivity index (χ2v) is 6.45. The van der Waals surface area contributed by atoms with E-state index < -0.39 is 11.9 Å². The van der Waals surface area contributed by atoms with Crippen LogP contribution < -0.4 is 10.6 Å². The molecule has 0 fully saturated rings.